The summed E-state index contributed by atoms with van der Waals surface area (Å²) in [6, 6.07) is 12.9. The molecule has 0 saturated heterocycles. The molecule has 0 atom stereocenters. The van der Waals surface area contributed by atoms with Gasteiger partial charge in [0.05, 0.1) is 6.61 Å². The van der Waals surface area contributed by atoms with Gasteiger partial charge in [0.15, 0.2) is 0 Å². The molecule has 2 aromatic rings. The minimum Gasteiger partial charge on any atom is -0.494 e. The summed E-state index contributed by atoms with van der Waals surface area (Å²) in [5, 5.41) is 5.58. The number of rotatable bonds is 7. The van der Waals surface area contributed by atoms with Gasteiger partial charge in [-0.15, -0.1) is 0 Å². The van der Waals surface area contributed by atoms with Crippen LogP contribution in [0.4, 0.5) is 5.69 Å². The molecule has 25 heavy (non-hydrogen) atoms. The van der Waals surface area contributed by atoms with Crippen molar-refractivity contribution in [2.24, 2.45) is 0 Å². The molecule has 0 aliphatic rings. The molecule has 2 aromatic carbocycles. The zero-order valence-electron chi connectivity index (χ0n) is 14.9. The average molecular weight is 340 g/mol. The normalized spacial score (nSPS) is 10.2. The molecule has 0 radical (unpaired) electrons. The summed E-state index contributed by atoms with van der Waals surface area (Å²) in [6.45, 7) is 6.63. The summed E-state index contributed by atoms with van der Waals surface area (Å²) in [7, 11) is 0. The Morgan fingerprint density at radius 3 is 2.40 bits per heavy atom. The van der Waals surface area contributed by atoms with Gasteiger partial charge >= 0.3 is 0 Å². The van der Waals surface area contributed by atoms with E-state index >= 15 is 0 Å². The highest BCUT2D eigenvalue weighted by Crippen LogP contribution is 2.19. The standard InChI is InChI=1S/C20H24N2O3/c1-4-25-19-10-5-16(13-14(19)2)11-12-21-20(24)17-6-8-18(9-7-17)22-15(3)23/h5-10,13H,4,11-12H2,1-3H3,(H,21,24)(H,22,23). The third-order valence-electron chi connectivity index (χ3n) is 3.71. The van der Waals surface area contributed by atoms with Crippen LogP contribution in [0.5, 0.6) is 5.75 Å². The van der Waals surface area contributed by atoms with Gasteiger partial charge in [0, 0.05) is 24.7 Å². The van der Waals surface area contributed by atoms with Gasteiger partial charge in [0.1, 0.15) is 5.75 Å². The van der Waals surface area contributed by atoms with Crippen molar-refractivity contribution in [3.63, 3.8) is 0 Å². The van der Waals surface area contributed by atoms with E-state index in [4.69, 9.17) is 4.74 Å². The Morgan fingerprint density at radius 1 is 1.08 bits per heavy atom. The smallest absolute Gasteiger partial charge is 0.251 e. The summed E-state index contributed by atoms with van der Waals surface area (Å²) in [5.41, 5.74) is 3.49. The van der Waals surface area contributed by atoms with E-state index in [1.165, 1.54) is 6.92 Å². The van der Waals surface area contributed by atoms with Crippen LogP contribution in [0.3, 0.4) is 0 Å². The Morgan fingerprint density at radius 2 is 1.80 bits per heavy atom. The van der Waals surface area contributed by atoms with Gasteiger partial charge in [-0.25, -0.2) is 0 Å². The van der Waals surface area contributed by atoms with Crippen LogP contribution < -0.4 is 15.4 Å². The Hall–Kier alpha value is -2.82. The molecule has 0 aliphatic carbocycles. The van der Waals surface area contributed by atoms with Crippen LogP contribution in [0.25, 0.3) is 0 Å². The number of carbonyl (C=O) groups is 2. The first kappa shape index (κ1) is 18.5. The minimum atomic E-state index is -0.136. The van der Waals surface area contributed by atoms with Gasteiger partial charge < -0.3 is 15.4 Å². The molecule has 2 rings (SSSR count). The van der Waals surface area contributed by atoms with Crippen LogP contribution in [-0.2, 0) is 11.2 Å². The van der Waals surface area contributed by atoms with Crippen molar-refractivity contribution in [1.82, 2.24) is 5.32 Å². The number of ether oxygens (including phenoxy) is 1. The minimum absolute atomic E-state index is 0.128. The SMILES string of the molecule is CCOc1ccc(CCNC(=O)c2ccc(NC(C)=O)cc2)cc1C. The van der Waals surface area contributed by atoms with Crippen LogP contribution in [0.2, 0.25) is 0 Å². The topological polar surface area (TPSA) is 67.4 Å². The van der Waals surface area contributed by atoms with Gasteiger partial charge in [-0.2, -0.15) is 0 Å². The van der Waals surface area contributed by atoms with Crippen LogP contribution in [0, 0.1) is 6.92 Å². The summed E-state index contributed by atoms with van der Waals surface area (Å²) in [5.74, 6) is 0.634. The number of amides is 2. The Bertz CT molecular complexity index is 739. The van der Waals surface area contributed by atoms with Crippen molar-refractivity contribution in [2.45, 2.75) is 27.2 Å². The van der Waals surface area contributed by atoms with Gasteiger partial charge in [-0.05, 0) is 61.7 Å². The van der Waals surface area contributed by atoms with E-state index in [0.717, 1.165) is 23.3 Å². The van der Waals surface area contributed by atoms with E-state index in [2.05, 4.69) is 16.7 Å². The maximum atomic E-state index is 12.2. The fourth-order valence-corrected chi connectivity index (χ4v) is 2.52. The molecule has 132 valence electrons. The molecule has 0 saturated carbocycles. The molecule has 5 nitrogen and oxygen atoms in total. The van der Waals surface area contributed by atoms with Crippen LogP contribution in [0.15, 0.2) is 42.5 Å². The highest BCUT2D eigenvalue weighted by Gasteiger charge is 2.06. The van der Waals surface area contributed by atoms with Gasteiger partial charge in [-0.1, -0.05) is 12.1 Å². The third kappa shape index (κ3) is 5.64. The molecular formula is C20H24N2O3. The molecule has 0 fully saturated rings. The van der Waals surface area contributed by atoms with Crippen molar-refractivity contribution in [1.29, 1.82) is 0 Å². The quantitative estimate of drug-likeness (QED) is 0.812. The maximum absolute atomic E-state index is 12.2. The number of aryl methyl sites for hydroxylation is 1. The zero-order valence-corrected chi connectivity index (χ0v) is 14.9. The molecule has 0 spiro atoms. The van der Waals surface area contributed by atoms with Gasteiger partial charge in [0.2, 0.25) is 5.91 Å². The lowest BCUT2D eigenvalue weighted by Crippen LogP contribution is -2.25. The first-order valence-electron chi connectivity index (χ1n) is 8.37. The molecule has 0 aliphatic heterocycles. The fourth-order valence-electron chi connectivity index (χ4n) is 2.52. The predicted octanol–water partition coefficient (Wildman–Crippen LogP) is 3.32. The number of hydrogen-bond donors (Lipinski definition) is 2. The summed E-state index contributed by atoms with van der Waals surface area (Å²) < 4.78 is 5.53. The Balaban J connectivity index is 1.85. The lowest BCUT2D eigenvalue weighted by Gasteiger charge is -2.10. The van der Waals surface area contributed by atoms with Crippen molar-refractivity contribution < 1.29 is 14.3 Å². The average Bonchev–Trinajstić information content (AvgIpc) is 2.57. The van der Waals surface area contributed by atoms with Crippen molar-refractivity contribution in [3.8, 4) is 5.75 Å². The van der Waals surface area contributed by atoms with Crippen LogP contribution >= 0.6 is 0 Å². The van der Waals surface area contributed by atoms with Gasteiger partial charge in [-0.3, -0.25) is 9.59 Å². The van der Waals surface area contributed by atoms with Gasteiger partial charge in [0.25, 0.3) is 5.91 Å². The van der Waals surface area contributed by atoms with E-state index in [0.29, 0.717) is 24.4 Å². The molecule has 0 bridgehead atoms. The highest BCUT2D eigenvalue weighted by molar-refractivity contribution is 5.95. The molecule has 2 amide bonds. The largest absolute Gasteiger partial charge is 0.494 e. The predicted molar refractivity (Wildman–Crippen MR) is 99.1 cm³/mol. The van der Waals surface area contributed by atoms with E-state index in [9.17, 15) is 9.59 Å². The number of benzene rings is 2. The van der Waals surface area contributed by atoms with Crippen LogP contribution in [0.1, 0.15) is 35.3 Å². The van der Waals surface area contributed by atoms with Crippen molar-refractivity contribution >= 4 is 17.5 Å². The monoisotopic (exact) mass is 340 g/mol. The number of carbonyl (C=O) groups excluding carboxylic acids is 2. The molecule has 2 N–H and O–H groups in total. The second-order valence-corrected chi connectivity index (χ2v) is 5.80. The third-order valence-corrected chi connectivity index (χ3v) is 3.71. The van der Waals surface area contributed by atoms with E-state index in [1.54, 1.807) is 24.3 Å². The molecule has 0 aromatic heterocycles. The Labute approximate surface area is 148 Å². The summed E-state index contributed by atoms with van der Waals surface area (Å²) in [6.07, 6.45) is 0.753. The maximum Gasteiger partial charge on any atom is 0.251 e. The van der Waals surface area contributed by atoms with Crippen molar-refractivity contribution in [2.75, 3.05) is 18.5 Å². The summed E-state index contributed by atoms with van der Waals surface area (Å²) >= 11 is 0. The van der Waals surface area contributed by atoms with Crippen LogP contribution in [-0.4, -0.2) is 25.0 Å². The Kier molecular flexibility index (Phi) is 6.57. The van der Waals surface area contributed by atoms with Crippen molar-refractivity contribution in [3.05, 3.63) is 59.2 Å². The zero-order chi connectivity index (χ0) is 18.2. The second-order valence-electron chi connectivity index (χ2n) is 5.80. The van der Waals surface area contributed by atoms with E-state index in [1.807, 2.05) is 26.0 Å². The lowest BCUT2D eigenvalue weighted by atomic mass is 10.1. The fraction of sp³-hybridized carbons (Fsp3) is 0.300. The number of nitrogens with one attached hydrogen (secondary N) is 2. The van der Waals surface area contributed by atoms with E-state index in [-0.39, 0.29) is 11.8 Å². The molecule has 0 unspecified atom stereocenters. The van der Waals surface area contributed by atoms with E-state index < -0.39 is 0 Å². The molecular weight excluding hydrogens is 316 g/mol. The second kappa shape index (κ2) is 8.87. The molecule has 0 heterocycles. The first-order valence-corrected chi connectivity index (χ1v) is 8.37. The number of anilines is 1. The molecule has 5 heteroatoms. The lowest BCUT2D eigenvalue weighted by molar-refractivity contribution is -0.114. The number of hydrogen-bond acceptors (Lipinski definition) is 3. The first-order chi connectivity index (χ1) is 12.0. The highest BCUT2D eigenvalue weighted by atomic mass is 16.5. The summed E-state index contributed by atoms with van der Waals surface area (Å²) in [4.78, 5) is 23.1.